The highest BCUT2D eigenvalue weighted by molar-refractivity contribution is 6.12. The van der Waals surface area contributed by atoms with Crippen molar-refractivity contribution < 1.29 is 28.4 Å². The molecule has 196 valence electrons. The van der Waals surface area contributed by atoms with Crippen molar-refractivity contribution in [1.82, 2.24) is 24.4 Å². The molecule has 2 aromatic heterocycles. The van der Waals surface area contributed by atoms with E-state index in [0.717, 1.165) is 11.3 Å². The third-order valence-electron chi connectivity index (χ3n) is 5.84. The Morgan fingerprint density at radius 2 is 1.97 bits per heavy atom. The number of ether oxygens (including phenoxy) is 3. The Morgan fingerprint density at radius 3 is 2.74 bits per heavy atom. The van der Waals surface area contributed by atoms with Crippen molar-refractivity contribution in [3.63, 3.8) is 0 Å². The van der Waals surface area contributed by atoms with Gasteiger partial charge < -0.3 is 14.2 Å². The molecule has 0 unspecified atom stereocenters. The van der Waals surface area contributed by atoms with Crippen LogP contribution in [-0.2, 0) is 16.1 Å². The average molecular weight is 518 g/mol. The Morgan fingerprint density at radius 1 is 1.16 bits per heavy atom. The van der Waals surface area contributed by atoms with E-state index in [4.69, 9.17) is 14.2 Å². The van der Waals surface area contributed by atoms with Gasteiger partial charge in [0.25, 0.3) is 0 Å². The molecular formula is C27H29N6O5+. The molecule has 0 bridgehead atoms. The summed E-state index contributed by atoms with van der Waals surface area (Å²) in [5.41, 5.74) is 2.16. The van der Waals surface area contributed by atoms with Crippen molar-refractivity contribution in [2.45, 2.75) is 39.8 Å². The molecule has 11 heteroatoms. The fraction of sp³-hybridized carbons (Fsp3) is 0.333. The fourth-order valence-electron chi connectivity index (χ4n) is 4.12. The Kier molecular flexibility index (Phi) is 6.66. The number of carbonyl (C=O) groups excluding carboxylic acids is 2. The predicted molar refractivity (Wildman–Crippen MR) is 136 cm³/mol. The highest BCUT2D eigenvalue weighted by Crippen LogP contribution is 2.33. The van der Waals surface area contributed by atoms with Crippen molar-refractivity contribution in [3.05, 3.63) is 72.1 Å². The summed E-state index contributed by atoms with van der Waals surface area (Å²) in [6.45, 7) is 8.24. The number of hydrogen-bond acceptors (Lipinski definition) is 8. The van der Waals surface area contributed by atoms with Gasteiger partial charge >= 0.3 is 12.0 Å². The largest absolute Gasteiger partial charge is 0.454 e. The number of imidazole rings is 1. The van der Waals surface area contributed by atoms with E-state index in [0.29, 0.717) is 28.9 Å². The zero-order valence-corrected chi connectivity index (χ0v) is 21.7. The molecular weight excluding hydrogens is 488 g/mol. The Labute approximate surface area is 220 Å². The minimum Gasteiger partial charge on any atom is -0.454 e. The highest BCUT2D eigenvalue weighted by Gasteiger charge is 2.31. The first-order valence-electron chi connectivity index (χ1n) is 12.2. The molecule has 11 nitrogen and oxygen atoms in total. The maximum atomic E-state index is 13.1. The van der Waals surface area contributed by atoms with Crippen LogP contribution in [-0.4, -0.2) is 72.2 Å². The Bertz CT molecular complexity index is 1440. The number of rotatable bonds is 7. The smallest absolute Gasteiger partial charge is 0.413 e. The van der Waals surface area contributed by atoms with Crippen molar-refractivity contribution >= 4 is 17.7 Å². The number of aryl methyl sites for hydroxylation is 1. The quantitative estimate of drug-likeness (QED) is 0.440. The molecule has 2 amide bonds. The molecule has 38 heavy (non-hydrogen) atoms. The summed E-state index contributed by atoms with van der Waals surface area (Å²) in [4.78, 5) is 40.8. The first kappa shape index (κ1) is 25.1. The molecule has 5 rings (SSSR count). The first-order chi connectivity index (χ1) is 18.2. The molecule has 0 aliphatic carbocycles. The number of amides is 2. The molecule has 4 heterocycles. The van der Waals surface area contributed by atoms with Crippen LogP contribution in [0.1, 0.15) is 37.7 Å². The van der Waals surface area contributed by atoms with Crippen LogP contribution in [0.15, 0.2) is 55.1 Å². The number of aromatic nitrogens is 4. The lowest BCUT2D eigenvalue weighted by Crippen LogP contribution is -2.40. The molecule has 2 aliphatic rings. The third kappa shape index (κ3) is 5.56. The average Bonchev–Trinajstić information content (AvgIpc) is 3.61. The van der Waals surface area contributed by atoms with Gasteiger partial charge in [-0.15, -0.1) is 0 Å². The molecule has 0 saturated heterocycles. The SMILES string of the molecule is Cc1cc(C2=[N+](CCN(Cc3ccc4c(c3)OCO4)C(=O)OC(C)(C)C)C(=O)C=C2)nc(-n2ccnc2)n1. The molecule has 0 spiro atoms. The maximum Gasteiger partial charge on any atom is 0.413 e. The monoisotopic (exact) mass is 517 g/mol. The molecule has 1 aromatic carbocycles. The van der Waals surface area contributed by atoms with Crippen molar-refractivity contribution in [2.75, 3.05) is 19.9 Å². The van der Waals surface area contributed by atoms with E-state index in [2.05, 4.69) is 15.0 Å². The Hall–Kier alpha value is -4.54. The molecule has 2 aliphatic heterocycles. The number of allylic oxidation sites excluding steroid dienone is 1. The second kappa shape index (κ2) is 10.1. The first-order valence-corrected chi connectivity index (χ1v) is 12.2. The van der Waals surface area contributed by atoms with Gasteiger partial charge in [0, 0.05) is 30.7 Å². The summed E-state index contributed by atoms with van der Waals surface area (Å²) >= 11 is 0. The zero-order valence-electron chi connectivity index (χ0n) is 21.7. The van der Waals surface area contributed by atoms with Gasteiger partial charge in [0.05, 0.1) is 12.6 Å². The lowest BCUT2D eigenvalue weighted by molar-refractivity contribution is -0.440. The van der Waals surface area contributed by atoms with Gasteiger partial charge in [0.2, 0.25) is 18.5 Å². The second-order valence-corrected chi connectivity index (χ2v) is 9.96. The van der Waals surface area contributed by atoms with E-state index < -0.39 is 11.7 Å². The van der Waals surface area contributed by atoms with Gasteiger partial charge in [-0.3, -0.25) is 9.47 Å². The van der Waals surface area contributed by atoms with Gasteiger partial charge in [-0.25, -0.2) is 24.5 Å². The number of fused-ring (bicyclic) bond motifs is 1. The van der Waals surface area contributed by atoms with Crippen molar-refractivity contribution in [2.24, 2.45) is 0 Å². The minimum absolute atomic E-state index is 0.169. The topological polar surface area (TPSA) is 112 Å². The summed E-state index contributed by atoms with van der Waals surface area (Å²) in [6.07, 6.45) is 7.78. The molecule has 3 aromatic rings. The summed E-state index contributed by atoms with van der Waals surface area (Å²) in [7, 11) is 0. The van der Waals surface area contributed by atoms with E-state index in [1.165, 1.54) is 6.08 Å². The molecule has 0 N–H and O–H groups in total. The van der Waals surface area contributed by atoms with Crippen LogP contribution in [0, 0.1) is 6.92 Å². The molecule has 0 saturated carbocycles. The number of benzene rings is 1. The number of nitrogens with zero attached hydrogens (tertiary/aromatic N) is 6. The number of hydrogen-bond donors (Lipinski definition) is 0. The zero-order chi connectivity index (χ0) is 26.9. The normalized spacial score (nSPS) is 14.4. The molecule has 0 radical (unpaired) electrons. The maximum absolute atomic E-state index is 13.1. The van der Waals surface area contributed by atoms with Crippen LogP contribution in [0.5, 0.6) is 11.5 Å². The van der Waals surface area contributed by atoms with E-state index in [1.54, 1.807) is 38.8 Å². The van der Waals surface area contributed by atoms with Crippen LogP contribution < -0.4 is 9.47 Å². The van der Waals surface area contributed by atoms with Gasteiger partial charge in [-0.1, -0.05) is 6.07 Å². The minimum atomic E-state index is -0.672. The lowest BCUT2D eigenvalue weighted by Gasteiger charge is -2.27. The van der Waals surface area contributed by atoms with Gasteiger partial charge in [0.15, 0.2) is 18.0 Å². The van der Waals surface area contributed by atoms with E-state index in [1.807, 2.05) is 52.0 Å². The molecule has 0 atom stereocenters. The Balaban J connectivity index is 1.41. The summed E-state index contributed by atoms with van der Waals surface area (Å²) in [6, 6.07) is 7.37. The highest BCUT2D eigenvalue weighted by atomic mass is 16.7. The molecule has 0 fully saturated rings. The van der Waals surface area contributed by atoms with Crippen molar-refractivity contribution in [1.29, 1.82) is 0 Å². The third-order valence-corrected chi connectivity index (χ3v) is 5.84. The predicted octanol–water partition coefficient (Wildman–Crippen LogP) is 3.03. The van der Waals surface area contributed by atoms with Crippen LogP contribution in [0.25, 0.3) is 5.95 Å². The van der Waals surface area contributed by atoms with Gasteiger partial charge in [0.1, 0.15) is 17.6 Å². The summed E-state index contributed by atoms with van der Waals surface area (Å²) < 4.78 is 19.9. The lowest BCUT2D eigenvalue weighted by atomic mass is 10.2. The van der Waals surface area contributed by atoms with Crippen LogP contribution in [0.2, 0.25) is 0 Å². The summed E-state index contributed by atoms with van der Waals surface area (Å²) in [5.74, 6) is 1.57. The second-order valence-electron chi connectivity index (χ2n) is 9.96. The standard InChI is InChI=1S/C27H29N6O5/c1-18-13-20(30-25(29-18)32-10-9-28-16-32)21-6-8-24(34)33(21)12-11-31(26(35)38-27(2,3)4)15-19-5-7-22-23(14-19)37-17-36-22/h5-10,13-14,16H,11-12,15,17H2,1-4H3/q+1. The summed E-state index contributed by atoms with van der Waals surface area (Å²) in [5, 5.41) is 0. The fourth-order valence-corrected chi connectivity index (χ4v) is 4.12. The van der Waals surface area contributed by atoms with Crippen LogP contribution >= 0.6 is 0 Å². The van der Waals surface area contributed by atoms with Gasteiger partial charge in [-0.2, -0.15) is 4.58 Å². The van der Waals surface area contributed by atoms with E-state index in [9.17, 15) is 9.59 Å². The number of carbonyl (C=O) groups is 2. The van der Waals surface area contributed by atoms with Crippen LogP contribution in [0.3, 0.4) is 0 Å². The van der Waals surface area contributed by atoms with Crippen LogP contribution in [0.4, 0.5) is 4.79 Å². The van der Waals surface area contributed by atoms with Gasteiger partial charge in [-0.05, 0) is 51.5 Å². The van der Waals surface area contributed by atoms with E-state index in [-0.39, 0.29) is 32.3 Å². The van der Waals surface area contributed by atoms with E-state index >= 15 is 0 Å². The van der Waals surface area contributed by atoms with Crippen molar-refractivity contribution in [3.8, 4) is 17.4 Å².